The molecule has 11 heavy (non-hydrogen) atoms. The van der Waals surface area contributed by atoms with Crippen molar-refractivity contribution in [1.29, 1.82) is 0 Å². The van der Waals surface area contributed by atoms with Gasteiger partial charge in [-0.05, 0) is 11.5 Å². The van der Waals surface area contributed by atoms with E-state index < -0.39 is 6.10 Å². The van der Waals surface area contributed by atoms with Crippen molar-refractivity contribution in [2.75, 3.05) is 0 Å². The van der Waals surface area contributed by atoms with E-state index >= 15 is 0 Å². The second kappa shape index (κ2) is 2.96. The summed E-state index contributed by atoms with van der Waals surface area (Å²) in [6, 6.07) is 0. The van der Waals surface area contributed by atoms with E-state index in [0.717, 1.165) is 5.57 Å². The van der Waals surface area contributed by atoms with Crippen molar-refractivity contribution in [3.05, 3.63) is 23.7 Å². The number of dihydropyridines is 1. The van der Waals surface area contributed by atoms with Gasteiger partial charge < -0.3 is 15.5 Å². The highest BCUT2D eigenvalue weighted by atomic mass is 16.3. The van der Waals surface area contributed by atoms with Crippen LogP contribution in [-0.2, 0) is 0 Å². The molecule has 0 saturated heterocycles. The molecular weight excluding hydrogens is 142 g/mol. The fraction of sp³-hybridized carbons (Fsp3) is 0.500. The summed E-state index contributed by atoms with van der Waals surface area (Å²) in [4.78, 5) is 0. The summed E-state index contributed by atoms with van der Waals surface area (Å²) in [6.07, 6.45) is 2.28. The molecule has 0 aromatic carbocycles. The van der Waals surface area contributed by atoms with E-state index in [9.17, 15) is 5.11 Å². The van der Waals surface area contributed by atoms with Gasteiger partial charge >= 0.3 is 0 Å². The number of hydrogen-bond donors (Lipinski definition) is 3. The van der Waals surface area contributed by atoms with E-state index in [4.69, 9.17) is 5.11 Å². The molecule has 1 heterocycles. The monoisotopic (exact) mass is 155 g/mol. The van der Waals surface area contributed by atoms with Gasteiger partial charge in [-0.1, -0.05) is 13.8 Å². The first kappa shape index (κ1) is 8.14. The zero-order valence-electron chi connectivity index (χ0n) is 6.70. The minimum atomic E-state index is -0.823. The number of nitrogens with one attached hydrogen (secondary N) is 1. The number of aliphatic hydroxyl groups excluding tert-OH is 2. The Kier molecular flexibility index (Phi) is 2.19. The molecule has 1 rings (SSSR count). The molecule has 0 spiro atoms. The van der Waals surface area contributed by atoms with Gasteiger partial charge in [-0.2, -0.15) is 0 Å². The van der Waals surface area contributed by atoms with E-state index in [1.807, 2.05) is 13.8 Å². The van der Waals surface area contributed by atoms with E-state index in [-0.39, 0.29) is 11.7 Å². The Balaban J connectivity index is 2.76. The summed E-state index contributed by atoms with van der Waals surface area (Å²) < 4.78 is 0. The van der Waals surface area contributed by atoms with Crippen molar-refractivity contribution in [2.24, 2.45) is 5.92 Å². The first-order valence-electron chi connectivity index (χ1n) is 3.66. The molecule has 3 N–H and O–H groups in total. The first-order valence-corrected chi connectivity index (χ1v) is 3.66. The molecule has 3 heteroatoms. The zero-order valence-corrected chi connectivity index (χ0v) is 6.70. The third-order valence-electron chi connectivity index (χ3n) is 1.74. The van der Waals surface area contributed by atoms with Crippen molar-refractivity contribution in [1.82, 2.24) is 5.32 Å². The normalized spacial score (nSPS) is 24.2. The quantitative estimate of drug-likeness (QED) is 0.527. The molecule has 0 aromatic rings. The fourth-order valence-electron chi connectivity index (χ4n) is 1.03. The summed E-state index contributed by atoms with van der Waals surface area (Å²) in [5.41, 5.74) is 0.810. The van der Waals surface area contributed by atoms with Crippen LogP contribution in [0.15, 0.2) is 23.7 Å². The Hall–Kier alpha value is -0.960. The molecule has 1 aliphatic heterocycles. The van der Waals surface area contributed by atoms with Crippen molar-refractivity contribution in [3.63, 3.8) is 0 Å². The molecule has 0 radical (unpaired) electrons. The number of rotatable bonds is 1. The van der Waals surface area contributed by atoms with Crippen molar-refractivity contribution in [3.8, 4) is 0 Å². The maximum Gasteiger partial charge on any atom is 0.141 e. The largest absolute Gasteiger partial charge is 0.508 e. The van der Waals surface area contributed by atoms with Crippen LogP contribution in [0.5, 0.6) is 0 Å². The lowest BCUT2D eigenvalue weighted by Gasteiger charge is -2.21. The Morgan fingerprint density at radius 2 is 2.09 bits per heavy atom. The van der Waals surface area contributed by atoms with Gasteiger partial charge in [0, 0.05) is 12.4 Å². The Morgan fingerprint density at radius 1 is 1.45 bits per heavy atom. The third-order valence-corrected chi connectivity index (χ3v) is 1.74. The van der Waals surface area contributed by atoms with Crippen LogP contribution in [0.4, 0.5) is 0 Å². The summed E-state index contributed by atoms with van der Waals surface area (Å²) >= 11 is 0. The van der Waals surface area contributed by atoms with Gasteiger partial charge in [-0.25, -0.2) is 0 Å². The molecule has 0 aromatic heterocycles. The van der Waals surface area contributed by atoms with Crippen LogP contribution >= 0.6 is 0 Å². The highest BCUT2D eigenvalue weighted by Gasteiger charge is 2.20. The highest BCUT2D eigenvalue weighted by molar-refractivity contribution is 5.24. The van der Waals surface area contributed by atoms with Crippen molar-refractivity contribution in [2.45, 2.75) is 20.0 Å². The Morgan fingerprint density at radius 3 is 2.55 bits per heavy atom. The third kappa shape index (κ3) is 1.54. The highest BCUT2D eigenvalue weighted by Crippen LogP contribution is 2.19. The van der Waals surface area contributed by atoms with Crippen LogP contribution in [0.1, 0.15) is 13.8 Å². The minimum Gasteiger partial charge on any atom is -0.508 e. The number of hydrogen-bond acceptors (Lipinski definition) is 3. The molecule has 0 fully saturated rings. The van der Waals surface area contributed by atoms with E-state index in [1.54, 1.807) is 6.20 Å². The lowest BCUT2D eigenvalue weighted by atomic mass is 9.96. The van der Waals surface area contributed by atoms with Crippen LogP contribution < -0.4 is 5.32 Å². The maximum atomic E-state index is 9.38. The molecule has 1 aliphatic rings. The average Bonchev–Trinajstić information content (AvgIpc) is 1.94. The van der Waals surface area contributed by atoms with Gasteiger partial charge in [0.1, 0.15) is 11.9 Å². The van der Waals surface area contributed by atoms with Crippen LogP contribution in [0.2, 0.25) is 0 Å². The van der Waals surface area contributed by atoms with E-state index in [2.05, 4.69) is 5.32 Å². The first-order chi connectivity index (χ1) is 5.13. The van der Waals surface area contributed by atoms with E-state index in [1.165, 1.54) is 6.20 Å². The Bertz CT molecular complexity index is 206. The standard InChI is InChI=1S/C8H13NO2/c1-5(2)6-3-9-4-7(10)8(6)11/h3-5,8-11H,1-2H3. The van der Waals surface area contributed by atoms with E-state index in [0.29, 0.717) is 0 Å². The lowest BCUT2D eigenvalue weighted by molar-refractivity contribution is 0.169. The molecule has 0 aliphatic carbocycles. The van der Waals surface area contributed by atoms with Crippen LogP contribution in [0.25, 0.3) is 0 Å². The second-order valence-electron chi connectivity index (χ2n) is 2.94. The second-order valence-corrected chi connectivity index (χ2v) is 2.94. The molecular formula is C8H13NO2. The Labute approximate surface area is 66.0 Å². The maximum absolute atomic E-state index is 9.38. The predicted octanol–water partition coefficient (Wildman–Crippen LogP) is 0.890. The smallest absolute Gasteiger partial charge is 0.141 e. The molecule has 0 bridgehead atoms. The minimum absolute atomic E-state index is 0.0174. The van der Waals surface area contributed by atoms with Gasteiger partial charge in [-0.3, -0.25) is 0 Å². The lowest BCUT2D eigenvalue weighted by Crippen LogP contribution is -2.24. The summed E-state index contributed by atoms with van der Waals surface area (Å²) in [6.45, 7) is 3.94. The summed E-state index contributed by atoms with van der Waals surface area (Å²) in [5.74, 6) is 0.226. The van der Waals surface area contributed by atoms with Crippen LogP contribution in [0, 0.1) is 5.92 Å². The molecule has 0 saturated carbocycles. The topological polar surface area (TPSA) is 52.5 Å². The average molecular weight is 155 g/mol. The van der Waals surface area contributed by atoms with Crippen molar-refractivity contribution >= 4 is 0 Å². The molecule has 1 atom stereocenters. The van der Waals surface area contributed by atoms with Gasteiger partial charge in [0.25, 0.3) is 0 Å². The SMILES string of the molecule is CC(C)C1=CNC=C(O)C1O. The van der Waals surface area contributed by atoms with Gasteiger partial charge in [0.2, 0.25) is 0 Å². The molecule has 3 nitrogen and oxygen atoms in total. The molecule has 1 unspecified atom stereocenters. The predicted molar refractivity (Wildman–Crippen MR) is 42.8 cm³/mol. The van der Waals surface area contributed by atoms with Gasteiger partial charge in [0.05, 0.1) is 0 Å². The van der Waals surface area contributed by atoms with Crippen LogP contribution in [-0.4, -0.2) is 16.3 Å². The molecule has 62 valence electrons. The van der Waals surface area contributed by atoms with Crippen molar-refractivity contribution < 1.29 is 10.2 Å². The molecule has 0 amide bonds. The van der Waals surface area contributed by atoms with Gasteiger partial charge in [0.15, 0.2) is 0 Å². The fourth-order valence-corrected chi connectivity index (χ4v) is 1.03. The van der Waals surface area contributed by atoms with Gasteiger partial charge in [-0.15, -0.1) is 0 Å². The number of aliphatic hydroxyl groups is 2. The van der Waals surface area contributed by atoms with Crippen LogP contribution in [0.3, 0.4) is 0 Å². The zero-order chi connectivity index (χ0) is 8.43. The summed E-state index contributed by atoms with van der Waals surface area (Å²) in [5, 5.41) is 21.2. The summed E-state index contributed by atoms with van der Waals surface area (Å²) in [7, 11) is 0.